The zero-order chi connectivity index (χ0) is 13.4. The highest BCUT2D eigenvalue weighted by molar-refractivity contribution is 5.43. The number of benzene rings is 1. The Morgan fingerprint density at radius 2 is 1.83 bits per heavy atom. The van der Waals surface area contributed by atoms with Crippen LogP contribution in [0.1, 0.15) is 38.2 Å². The van der Waals surface area contributed by atoms with E-state index in [0.717, 1.165) is 24.3 Å². The van der Waals surface area contributed by atoms with Gasteiger partial charge in [0.15, 0.2) is 11.5 Å². The van der Waals surface area contributed by atoms with Gasteiger partial charge in [-0.25, -0.2) is 0 Å². The second kappa shape index (κ2) is 7.98. The predicted octanol–water partition coefficient (Wildman–Crippen LogP) is 3.15. The van der Waals surface area contributed by atoms with Crippen LogP contribution >= 0.6 is 0 Å². The number of rotatable bonds is 8. The lowest BCUT2D eigenvalue weighted by Crippen LogP contribution is -2.22. The lowest BCUT2D eigenvalue weighted by Gasteiger charge is -2.13. The Morgan fingerprint density at radius 1 is 1.11 bits per heavy atom. The molecule has 102 valence electrons. The molecule has 18 heavy (non-hydrogen) atoms. The summed E-state index contributed by atoms with van der Waals surface area (Å²) < 4.78 is 10.5. The largest absolute Gasteiger partial charge is 0.493 e. The highest BCUT2D eigenvalue weighted by atomic mass is 16.5. The Labute approximate surface area is 110 Å². The second-order valence-electron chi connectivity index (χ2n) is 4.65. The molecule has 1 aromatic rings. The van der Waals surface area contributed by atoms with Crippen molar-refractivity contribution < 1.29 is 9.47 Å². The van der Waals surface area contributed by atoms with Crippen molar-refractivity contribution in [2.24, 2.45) is 5.73 Å². The van der Waals surface area contributed by atoms with Crippen molar-refractivity contribution in [2.45, 2.75) is 45.1 Å². The van der Waals surface area contributed by atoms with Gasteiger partial charge in [0.1, 0.15) is 0 Å². The van der Waals surface area contributed by atoms with Gasteiger partial charge in [0.2, 0.25) is 0 Å². The topological polar surface area (TPSA) is 44.5 Å². The molecule has 0 amide bonds. The average molecular weight is 251 g/mol. The highest BCUT2D eigenvalue weighted by Crippen LogP contribution is 2.28. The Morgan fingerprint density at radius 3 is 2.44 bits per heavy atom. The lowest BCUT2D eigenvalue weighted by atomic mass is 10.0. The molecule has 0 heterocycles. The number of methoxy groups -OCH3 is 2. The molecule has 0 aliphatic heterocycles. The van der Waals surface area contributed by atoms with E-state index >= 15 is 0 Å². The first kappa shape index (κ1) is 14.8. The lowest BCUT2D eigenvalue weighted by molar-refractivity contribution is 0.354. The van der Waals surface area contributed by atoms with Gasteiger partial charge in [-0.05, 0) is 30.5 Å². The summed E-state index contributed by atoms with van der Waals surface area (Å²) in [5.74, 6) is 1.54. The molecule has 0 radical (unpaired) electrons. The number of nitrogens with two attached hydrogens (primary N) is 1. The van der Waals surface area contributed by atoms with E-state index in [1.54, 1.807) is 14.2 Å². The van der Waals surface area contributed by atoms with Gasteiger partial charge in [0.05, 0.1) is 14.2 Å². The molecule has 1 atom stereocenters. The monoisotopic (exact) mass is 251 g/mol. The molecule has 0 saturated heterocycles. The minimum absolute atomic E-state index is 0.231. The molecule has 2 N–H and O–H groups in total. The van der Waals surface area contributed by atoms with E-state index < -0.39 is 0 Å². The molecular weight excluding hydrogens is 226 g/mol. The standard InChI is InChI=1S/C15H25NO2/c1-4-5-6-7-13(16)10-12-8-9-14(17-2)15(11-12)18-3/h8-9,11,13H,4-7,10,16H2,1-3H3. The Bertz CT molecular complexity index is 352. The minimum Gasteiger partial charge on any atom is -0.493 e. The van der Waals surface area contributed by atoms with E-state index in [9.17, 15) is 0 Å². The summed E-state index contributed by atoms with van der Waals surface area (Å²) in [6, 6.07) is 6.24. The normalized spacial score (nSPS) is 12.2. The molecule has 0 aromatic heterocycles. The zero-order valence-electron chi connectivity index (χ0n) is 11.7. The molecule has 1 unspecified atom stereocenters. The van der Waals surface area contributed by atoms with Gasteiger partial charge in [-0.1, -0.05) is 32.3 Å². The molecule has 0 aliphatic carbocycles. The third-order valence-corrected chi connectivity index (χ3v) is 3.12. The summed E-state index contributed by atoms with van der Waals surface area (Å²) in [6.45, 7) is 2.21. The van der Waals surface area contributed by atoms with Crippen LogP contribution < -0.4 is 15.2 Å². The quantitative estimate of drug-likeness (QED) is 0.722. The van der Waals surface area contributed by atoms with Crippen LogP contribution in [0.4, 0.5) is 0 Å². The molecule has 3 nitrogen and oxygen atoms in total. The van der Waals surface area contributed by atoms with Crippen LogP contribution in [0.3, 0.4) is 0 Å². The predicted molar refractivity (Wildman–Crippen MR) is 75.4 cm³/mol. The van der Waals surface area contributed by atoms with Gasteiger partial charge in [-0.3, -0.25) is 0 Å². The first-order chi connectivity index (χ1) is 8.71. The Kier molecular flexibility index (Phi) is 6.58. The van der Waals surface area contributed by atoms with Crippen LogP contribution in [-0.2, 0) is 6.42 Å². The van der Waals surface area contributed by atoms with Crippen LogP contribution in [0.2, 0.25) is 0 Å². The maximum Gasteiger partial charge on any atom is 0.160 e. The maximum atomic E-state index is 6.14. The maximum absolute atomic E-state index is 6.14. The summed E-state index contributed by atoms with van der Waals surface area (Å²) in [7, 11) is 3.30. The van der Waals surface area contributed by atoms with Crippen LogP contribution in [0.15, 0.2) is 18.2 Å². The van der Waals surface area contributed by atoms with Crippen LogP contribution in [-0.4, -0.2) is 20.3 Å². The number of hydrogen-bond acceptors (Lipinski definition) is 3. The third-order valence-electron chi connectivity index (χ3n) is 3.12. The van der Waals surface area contributed by atoms with Gasteiger partial charge >= 0.3 is 0 Å². The summed E-state index contributed by atoms with van der Waals surface area (Å²) in [5, 5.41) is 0. The summed E-state index contributed by atoms with van der Waals surface area (Å²) in [4.78, 5) is 0. The van der Waals surface area contributed by atoms with Crippen molar-refractivity contribution in [1.29, 1.82) is 0 Å². The summed E-state index contributed by atoms with van der Waals surface area (Å²) >= 11 is 0. The number of ether oxygens (including phenoxy) is 2. The average Bonchev–Trinajstić information content (AvgIpc) is 2.39. The van der Waals surface area contributed by atoms with Crippen molar-refractivity contribution in [3.8, 4) is 11.5 Å². The molecular formula is C15H25NO2. The smallest absolute Gasteiger partial charge is 0.160 e. The fourth-order valence-electron chi connectivity index (χ4n) is 2.07. The molecule has 0 spiro atoms. The van der Waals surface area contributed by atoms with E-state index in [1.165, 1.54) is 24.8 Å². The van der Waals surface area contributed by atoms with Gasteiger partial charge in [0.25, 0.3) is 0 Å². The van der Waals surface area contributed by atoms with E-state index in [-0.39, 0.29) is 6.04 Å². The molecule has 0 bridgehead atoms. The fourth-order valence-corrected chi connectivity index (χ4v) is 2.07. The van der Waals surface area contributed by atoms with E-state index in [1.807, 2.05) is 12.1 Å². The zero-order valence-corrected chi connectivity index (χ0v) is 11.7. The van der Waals surface area contributed by atoms with Crippen molar-refractivity contribution in [1.82, 2.24) is 0 Å². The van der Waals surface area contributed by atoms with Crippen molar-refractivity contribution in [3.63, 3.8) is 0 Å². The van der Waals surface area contributed by atoms with E-state index in [2.05, 4.69) is 13.0 Å². The van der Waals surface area contributed by atoms with Crippen LogP contribution in [0.25, 0.3) is 0 Å². The van der Waals surface area contributed by atoms with Gasteiger partial charge in [-0.2, -0.15) is 0 Å². The minimum atomic E-state index is 0.231. The SMILES string of the molecule is CCCCCC(N)Cc1ccc(OC)c(OC)c1. The van der Waals surface area contributed by atoms with Crippen LogP contribution in [0.5, 0.6) is 11.5 Å². The molecule has 1 rings (SSSR count). The number of unbranched alkanes of at least 4 members (excludes halogenated alkanes) is 2. The van der Waals surface area contributed by atoms with Crippen molar-refractivity contribution in [3.05, 3.63) is 23.8 Å². The fraction of sp³-hybridized carbons (Fsp3) is 0.600. The molecule has 0 aliphatic rings. The van der Waals surface area contributed by atoms with Crippen LogP contribution in [0, 0.1) is 0 Å². The summed E-state index contributed by atoms with van der Waals surface area (Å²) in [6.07, 6.45) is 5.69. The Balaban J connectivity index is 2.56. The molecule has 0 saturated carbocycles. The first-order valence-electron chi connectivity index (χ1n) is 6.67. The Hall–Kier alpha value is -1.22. The van der Waals surface area contributed by atoms with Crippen molar-refractivity contribution in [2.75, 3.05) is 14.2 Å². The van der Waals surface area contributed by atoms with E-state index in [0.29, 0.717) is 0 Å². The van der Waals surface area contributed by atoms with Gasteiger partial charge < -0.3 is 15.2 Å². The highest BCUT2D eigenvalue weighted by Gasteiger charge is 2.08. The molecule has 3 heteroatoms. The third kappa shape index (κ3) is 4.57. The molecule has 0 fully saturated rings. The van der Waals surface area contributed by atoms with E-state index in [4.69, 9.17) is 15.2 Å². The second-order valence-corrected chi connectivity index (χ2v) is 4.65. The first-order valence-corrected chi connectivity index (χ1v) is 6.67. The summed E-state index contributed by atoms with van der Waals surface area (Å²) in [5.41, 5.74) is 7.34. The van der Waals surface area contributed by atoms with Crippen molar-refractivity contribution >= 4 is 0 Å². The molecule has 1 aromatic carbocycles. The van der Waals surface area contributed by atoms with Gasteiger partial charge in [0, 0.05) is 6.04 Å². The van der Waals surface area contributed by atoms with Gasteiger partial charge in [-0.15, -0.1) is 0 Å². The number of hydrogen-bond donors (Lipinski definition) is 1.